The Balaban J connectivity index is 1.46. The van der Waals surface area contributed by atoms with Crippen molar-refractivity contribution in [2.75, 3.05) is 19.7 Å². The molecule has 1 saturated heterocycles. The van der Waals surface area contributed by atoms with Crippen molar-refractivity contribution in [1.29, 1.82) is 0 Å². The van der Waals surface area contributed by atoms with Crippen LogP contribution in [0.4, 0.5) is 0 Å². The zero-order valence-electron chi connectivity index (χ0n) is 15.0. The van der Waals surface area contributed by atoms with Gasteiger partial charge in [0, 0.05) is 24.7 Å². The molecule has 2 aromatic carbocycles. The standard InChI is InChI=1S/C22H21NO4/c24-19-14-21(27-20-7-3-2-6-18(19)20)16-8-10-17(11-9-16)26-15-22(25)23-12-4-1-5-13-23/h2-3,6-11,14H,1,4-5,12-13,15H2. The summed E-state index contributed by atoms with van der Waals surface area (Å²) < 4.78 is 11.5. The Hall–Kier alpha value is -3.08. The number of hydrogen-bond acceptors (Lipinski definition) is 4. The minimum atomic E-state index is -0.0701. The topological polar surface area (TPSA) is 59.8 Å². The average molecular weight is 363 g/mol. The number of hydrogen-bond donors (Lipinski definition) is 0. The molecule has 5 nitrogen and oxygen atoms in total. The van der Waals surface area contributed by atoms with E-state index in [-0.39, 0.29) is 17.9 Å². The van der Waals surface area contributed by atoms with E-state index in [9.17, 15) is 9.59 Å². The van der Waals surface area contributed by atoms with Crippen LogP contribution in [-0.4, -0.2) is 30.5 Å². The molecule has 1 fully saturated rings. The zero-order valence-corrected chi connectivity index (χ0v) is 15.0. The highest BCUT2D eigenvalue weighted by molar-refractivity contribution is 5.79. The number of likely N-dealkylation sites (tertiary alicyclic amines) is 1. The Morgan fingerprint density at radius 1 is 1.00 bits per heavy atom. The van der Waals surface area contributed by atoms with Crippen molar-refractivity contribution in [2.45, 2.75) is 19.3 Å². The van der Waals surface area contributed by atoms with Crippen molar-refractivity contribution < 1.29 is 13.9 Å². The predicted molar refractivity (Wildman–Crippen MR) is 104 cm³/mol. The van der Waals surface area contributed by atoms with E-state index < -0.39 is 0 Å². The van der Waals surface area contributed by atoms with Gasteiger partial charge in [-0.15, -0.1) is 0 Å². The molecule has 0 bridgehead atoms. The second kappa shape index (κ2) is 7.66. The van der Waals surface area contributed by atoms with Crippen LogP contribution in [0.25, 0.3) is 22.3 Å². The largest absolute Gasteiger partial charge is 0.484 e. The molecule has 0 aliphatic carbocycles. The highest BCUT2D eigenvalue weighted by Crippen LogP contribution is 2.24. The SMILES string of the molecule is O=C(COc1ccc(-c2cc(=O)c3ccccc3o2)cc1)N1CCCCC1. The van der Waals surface area contributed by atoms with Crippen LogP contribution in [0.1, 0.15) is 19.3 Å². The van der Waals surface area contributed by atoms with Crippen LogP contribution in [0.2, 0.25) is 0 Å². The van der Waals surface area contributed by atoms with E-state index >= 15 is 0 Å². The van der Waals surface area contributed by atoms with Gasteiger partial charge in [0.05, 0.1) is 5.39 Å². The van der Waals surface area contributed by atoms with Crippen LogP contribution in [0.3, 0.4) is 0 Å². The molecule has 0 atom stereocenters. The van der Waals surface area contributed by atoms with Gasteiger partial charge in [-0.2, -0.15) is 0 Å². The first-order chi connectivity index (χ1) is 13.2. The molecule has 0 radical (unpaired) electrons. The average Bonchev–Trinajstić information content (AvgIpc) is 2.73. The summed E-state index contributed by atoms with van der Waals surface area (Å²) in [5.74, 6) is 1.15. The molecule has 0 spiro atoms. The number of piperidine rings is 1. The summed E-state index contributed by atoms with van der Waals surface area (Å²) in [7, 11) is 0. The lowest BCUT2D eigenvalue weighted by Crippen LogP contribution is -2.38. The summed E-state index contributed by atoms with van der Waals surface area (Å²) in [6, 6.07) is 15.9. The quantitative estimate of drug-likeness (QED) is 0.706. The maximum Gasteiger partial charge on any atom is 0.260 e. The first-order valence-corrected chi connectivity index (χ1v) is 9.24. The Kier molecular flexibility index (Phi) is 4.92. The van der Waals surface area contributed by atoms with Crippen molar-refractivity contribution in [2.24, 2.45) is 0 Å². The summed E-state index contributed by atoms with van der Waals surface area (Å²) in [5, 5.41) is 0.567. The lowest BCUT2D eigenvalue weighted by Gasteiger charge is -2.26. The zero-order chi connectivity index (χ0) is 18.6. The van der Waals surface area contributed by atoms with Gasteiger partial charge in [-0.05, 0) is 55.7 Å². The fourth-order valence-corrected chi connectivity index (χ4v) is 3.34. The third-order valence-electron chi connectivity index (χ3n) is 4.84. The van der Waals surface area contributed by atoms with Gasteiger partial charge in [0.1, 0.15) is 17.1 Å². The molecular weight excluding hydrogens is 342 g/mol. The van der Waals surface area contributed by atoms with Gasteiger partial charge in [0.15, 0.2) is 12.0 Å². The number of carbonyl (C=O) groups is 1. The molecule has 2 heterocycles. The van der Waals surface area contributed by atoms with Gasteiger partial charge in [-0.1, -0.05) is 12.1 Å². The van der Waals surface area contributed by atoms with Crippen molar-refractivity contribution >= 4 is 16.9 Å². The summed E-state index contributed by atoms with van der Waals surface area (Å²) in [6.07, 6.45) is 3.33. The van der Waals surface area contributed by atoms with Gasteiger partial charge in [0.25, 0.3) is 5.91 Å². The molecular formula is C22H21NO4. The number of amides is 1. The molecule has 1 aromatic heterocycles. The summed E-state index contributed by atoms with van der Waals surface area (Å²) in [4.78, 5) is 26.3. The number of ether oxygens (including phenoxy) is 1. The van der Waals surface area contributed by atoms with Crippen molar-refractivity contribution in [1.82, 2.24) is 4.90 Å². The first kappa shape index (κ1) is 17.3. The number of fused-ring (bicyclic) bond motifs is 1. The lowest BCUT2D eigenvalue weighted by atomic mass is 10.1. The van der Waals surface area contributed by atoms with E-state index in [1.165, 1.54) is 12.5 Å². The normalized spacial score (nSPS) is 14.3. The molecule has 138 valence electrons. The Labute approximate surface area is 157 Å². The molecule has 3 aromatic rings. The predicted octanol–water partition coefficient (Wildman–Crippen LogP) is 3.85. The number of nitrogens with zero attached hydrogens (tertiary/aromatic N) is 1. The maximum atomic E-state index is 12.2. The van der Waals surface area contributed by atoms with Crippen LogP contribution in [0, 0.1) is 0 Å². The highest BCUT2D eigenvalue weighted by Gasteiger charge is 2.16. The maximum absolute atomic E-state index is 12.2. The fraction of sp³-hybridized carbons (Fsp3) is 0.273. The number of para-hydroxylation sites is 1. The Morgan fingerprint density at radius 2 is 1.74 bits per heavy atom. The van der Waals surface area contributed by atoms with E-state index in [0.29, 0.717) is 22.5 Å². The number of benzene rings is 2. The van der Waals surface area contributed by atoms with Crippen molar-refractivity contribution in [3.63, 3.8) is 0 Å². The van der Waals surface area contributed by atoms with Crippen molar-refractivity contribution in [3.05, 3.63) is 64.8 Å². The van der Waals surface area contributed by atoms with E-state index in [1.807, 2.05) is 29.2 Å². The van der Waals surface area contributed by atoms with E-state index in [4.69, 9.17) is 9.15 Å². The first-order valence-electron chi connectivity index (χ1n) is 9.24. The minimum absolute atomic E-state index is 0.0271. The Morgan fingerprint density at radius 3 is 2.52 bits per heavy atom. The second-order valence-corrected chi connectivity index (χ2v) is 6.73. The molecule has 1 aliphatic rings. The summed E-state index contributed by atoms with van der Waals surface area (Å²) in [6.45, 7) is 1.69. The van der Waals surface area contributed by atoms with Crippen LogP contribution < -0.4 is 10.2 Å². The number of rotatable bonds is 4. The van der Waals surface area contributed by atoms with Gasteiger partial charge >= 0.3 is 0 Å². The Bertz CT molecular complexity index is 1000. The number of carbonyl (C=O) groups excluding carboxylic acids is 1. The van der Waals surface area contributed by atoms with Gasteiger partial charge in [-0.3, -0.25) is 9.59 Å². The molecule has 27 heavy (non-hydrogen) atoms. The monoisotopic (exact) mass is 363 g/mol. The third-order valence-corrected chi connectivity index (χ3v) is 4.84. The van der Waals surface area contributed by atoms with Crippen molar-refractivity contribution in [3.8, 4) is 17.1 Å². The molecule has 0 unspecified atom stereocenters. The molecule has 0 N–H and O–H groups in total. The fourth-order valence-electron chi connectivity index (χ4n) is 3.34. The lowest BCUT2D eigenvalue weighted by molar-refractivity contribution is -0.134. The summed E-state index contributed by atoms with van der Waals surface area (Å²) in [5.41, 5.74) is 1.28. The second-order valence-electron chi connectivity index (χ2n) is 6.73. The van der Waals surface area contributed by atoms with E-state index in [0.717, 1.165) is 31.5 Å². The molecule has 4 rings (SSSR count). The summed E-state index contributed by atoms with van der Waals surface area (Å²) >= 11 is 0. The van der Waals surface area contributed by atoms with Crippen LogP contribution >= 0.6 is 0 Å². The van der Waals surface area contributed by atoms with E-state index in [1.54, 1.807) is 24.3 Å². The minimum Gasteiger partial charge on any atom is -0.484 e. The van der Waals surface area contributed by atoms with Crippen LogP contribution in [-0.2, 0) is 4.79 Å². The van der Waals surface area contributed by atoms with Gasteiger partial charge in [0.2, 0.25) is 0 Å². The highest BCUT2D eigenvalue weighted by atomic mass is 16.5. The molecule has 1 amide bonds. The third kappa shape index (κ3) is 3.87. The van der Waals surface area contributed by atoms with Gasteiger partial charge in [-0.25, -0.2) is 0 Å². The van der Waals surface area contributed by atoms with E-state index in [2.05, 4.69) is 0 Å². The molecule has 0 saturated carbocycles. The van der Waals surface area contributed by atoms with Gasteiger partial charge < -0.3 is 14.1 Å². The van der Waals surface area contributed by atoms with Crippen LogP contribution in [0.15, 0.2) is 63.8 Å². The molecule has 5 heteroatoms. The van der Waals surface area contributed by atoms with Crippen LogP contribution in [0.5, 0.6) is 5.75 Å². The molecule has 1 aliphatic heterocycles. The smallest absolute Gasteiger partial charge is 0.260 e.